The molecule has 0 saturated carbocycles. The van der Waals surface area contributed by atoms with Gasteiger partial charge >= 0.3 is 0 Å². The lowest BCUT2D eigenvalue weighted by Crippen LogP contribution is -2.29. The van der Waals surface area contributed by atoms with Gasteiger partial charge in [-0.3, -0.25) is 0 Å². The molecule has 0 saturated heterocycles. The lowest BCUT2D eigenvalue weighted by atomic mass is 10.1. The molecule has 1 unspecified atom stereocenters. The van der Waals surface area contributed by atoms with Crippen LogP contribution in [0, 0.1) is 6.92 Å². The summed E-state index contributed by atoms with van der Waals surface area (Å²) in [6.45, 7) is 2.90. The molecule has 0 fully saturated rings. The minimum atomic E-state index is -1.27. The number of aryl methyl sites for hydroxylation is 1. The van der Waals surface area contributed by atoms with Gasteiger partial charge in [-0.1, -0.05) is 29.8 Å². The summed E-state index contributed by atoms with van der Waals surface area (Å²) >= 11 is 0. The van der Waals surface area contributed by atoms with Crippen molar-refractivity contribution in [3.8, 4) is 0 Å². The summed E-state index contributed by atoms with van der Waals surface area (Å²) in [4.78, 5) is 0. The molecule has 0 bridgehead atoms. The number of nitrogens with one attached hydrogen (secondary N) is 1. The van der Waals surface area contributed by atoms with E-state index in [-0.39, 0.29) is 6.54 Å². The van der Waals surface area contributed by atoms with Gasteiger partial charge in [0.25, 0.3) is 0 Å². The molecular weight excluding hydrogens is 167 g/mol. The second-order valence-corrected chi connectivity index (χ2v) is 3.14. The maximum Gasteiger partial charge on any atom is 0.161 e. The molecule has 0 heterocycles. The third-order valence-electron chi connectivity index (χ3n) is 1.75. The summed E-state index contributed by atoms with van der Waals surface area (Å²) in [7, 11) is 0. The number of halogens is 1. The van der Waals surface area contributed by atoms with Gasteiger partial charge in [0.05, 0.1) is 0 Å². The molecule has 72 valence electrons. The molecule has 0 aliphatic rings. The molecule has 0 aliphatic heterocycles. The molecule has 2 nitrogen and oxygen atoms in total. The third kappa shape index (κ3) is 4.01. The second kappa shape index (κ2) is 4.94. The fourth-order valence-corrected chi connectivity index (χ4v) is 1.18. The van der Waals surface area contributed by atoms with E-state index in [1.807, 2.05) is 25.1 Å². The van der Waals surface area contributed by atoms with Crippen LogP contribution < -0.4 is 11.1 Å². The quantitative estimate of drug-likeness (QED) is 0.689. The van der Waals surface area contributed by atoms with Crippen LogP contribution in [0.3, 0.4) is 0 Å². The van der Waals surface area contributed by atoms with Crippen molar-refractivity contribution in [1.29, 1.82) is 0 Å². The molecule has 0 spiro atoms. The number of nitrogens with two attached hydrogens (primary N) is 1. The van der Waals surface area contributed by atoms with Crippen molar-refractivity contribution in [2.45, 2.75) is 19.8 Å². The Morgan fingerprint density at radius 2 is 2.31 bits per heavy atom. The first kappa shape index (κ1) is 10.2. The van der Waals surface area contributed by atoms with E-state index in [1.54, 1.807) is 0 Å². The molecule has 3 heteroatoms. The van der Waals surface area contributed by atoms with Crippen molar-refractivity contribution in [3.05, 3.63) is 35.4 Å². The molecule has 0 aromatic heterocycles. The van der Waals surface area contributed by atoms with E-state index in [1.165, 1.54) is 5.56 Å². The van der Waals surface area contributed by atoms with Gasteiger partial charge in [0.2, 0.25) is 0 Å². The Labute approximate surface area is 77.9 Å². The number of hydrogen-bond acceptors (Lipinski definition) is 2. The number of alkyl halides is 1. The first-order valence-electron chi connectivity index (χ1n) is 4.34. The predicted molar refractivity (Wildman–Crippen MR) is 52.0 cm³/mol. The van der Waals surface area contributed by atoms with Gasteiger partial charge < -0.3 is 11.1 Å². The van der Waals surface area contributed by atoms with Crippen molar-refractivity contribution in [2.24, 2.45) is 5.73 Å². The van der Waals surface area contributed by atoms with Gasteiger partial charge in [-0.2, -0.15) is 0 Å². The Hall–Kier alpha value is -0.930. The van der Waals surface area contributed by atoms with E-state index in [0.29, 0.717) is 6.54 Å². The monoisotopic (exact) mass is 182 g/mol. The first-order chi connectivity index (χ1) is 6.18. The van der Waals surface area contributed by atoms with Gasteiger partial charge in [-0.15, -0.1) is 0 Å². The predicted octanol–water partition coefficient (Wildman–Crippen LogP) is 1.34. The Morgan fingerprint density at radius 1 is 1.54 bits per heavy atom. The molecule has 1 aromatic rings. The van der Waals surface area contributed by atoms with Crippen molar-refractivity contribution in [2.75, 3.05) is 6.54 Å². The van der Waals surface area contributed by atoms with Gasteiger partial charge in [0.15, 0.2) is 6.30 Å². The first-order valence-corrected chi connectivity index (χ1v) is 4.34. The third-order valence-corrected chi connectivity index (χ3v) is 1.75. The van der Waals surface area contributed by atoms with Crippen LogP contribution in [0.15, 0.2) is 24.3 Å². The summed E-state index contributed by atoms with van der Waals surface area (Å²) in [5.74, 6) is 0. The van der Waals surface area contributed by atoms with Gasteiger partial charge in [-0.25, -0.2) is 4.39 Å². The minimum absolute atomic E-state index is 0.202. The molecule has 13 heavy (non-hydrogen) atoms. The average molecular weight is 182 g/mol. The molecule has 0 amide bonds. The zero-order chi connectivity index (χ0) is 9.68. The average Bonchev–Trinajstić information content (AvgIpc) is 2.03. The van der Waals surface area contributed by atoms with Crippen LogP contribution >= 0.6 is 0 Å². The summed E-state index contributed by atoms with van der Waals surface area (Å²) < 4.78 is 12.2. The van der Waals surface area contributed by atoms with Gasteiger partial charge in [0, 0.05) is 13.1 Å². The highest BCUT2D eigenvalue weighted by Gasteiger charge is 1.97. The lowest BCUT2D eigenvalue weighted by molar-refractivity contribution is 0.328. The van der Waals surface area contributed by atoms with Crippen LogP contribution in [-0.4, -0.2) is 12.8 Å². The van der Waals surface area contributed by atoms with Crippen LogP contribution in [0.1, 0.15) is 11.1 Å². The normalized spacial score (nSPS) is 12.8. The molecule has 1 aromatic carbocycles. The van der Waals surface area contributed by atoms with E-state index < -0.39 is 6.30 Å². The fourth-order valence-electron chi connectivity index (χ4n) is 1.18. The summed E-state index contributed by atoms with van der Waals surface area (Å²) in [6.07, 6.45) is -1.27. The van der Waals surface area contributed by atoms with Crippen LogP contribution in [0.2, 0.25) is 0 Å². The Kier molecular flexibility index (Phi) is 3.86. The number of rotatable bonds is 4. The molecule has 0 aliphatic carbocycles. The Bertz CT molecular complexity index is 261. The largest absolute Gasteiger partial charge is 0.308 e. The maximum atomic E-state index is 12.2. The second-order valence-electron chi connectivity index (χ2n) is 3.14. The topological polar surface area (TPSA) is 38.0 Å². The molecule has 3 N–H and O–H groups in total. The van der Waals surface area contributed by atoms with E-state index in [2.05, 4.69) is 11.4 Å². The van der Waals surface area contributed by atoms with Crippen LogP contribution in [0.4, 0.5) is 4.39 Å². The summed E-state index contributed by atoms with van der Waals surface area (Å²) in [5.41, 5.74) is 7.32. The minimum Gasteiger partial charge on any atom is -0.308 e. The zero-order valence-corrected chi connectivity index (χ0v) is 7.76. The van der Waals surface area contributed by atoms with Crippen LogP contribution in [-0.2, 0) is 6.54 Å². The molecular formula is C10H15FN2. The SMILES string of the molecule is Cc1cccc(CNCC(N)F)c1. The highest BCUT2D eigenvalue weighted by atomic mass is 19.1. The van der Waals surface area contributed by atoms with Crippen molar-refractivity contribution in [1.82, 2.24) is 5.32 Å². The summed E-state index contributed by atoms with van der Waals surface area (Å²) in [6, 6.07) is 8.09. The van der Waals surface area contributed by atoms with Crippen molar-refractivity contribution >= 4 is 0 Å². The Balaban J connectivity index is 2.37. The lowest BCUT2D eigenvalue weighted by Gasteiger charge is -2.05. The smallest absolute Gasteiger partial charge is 0.161 e. The highest BCUT2D eigenvalue weighted by molar-refractivity contribution is 5.21. The van der Waals surface area contributed by atoms with Gasteiger partial charge in [0.1, 0.15) is 0 Å². The molecule has 1 atom stereocenters. The van der Waals surface area contributed by atoms with E-state index in [9.17, 15) is 4.39 Å². The van der Waals surface area contributed by atoms with E-state index in [0.717, 1.165) is 5.56 Å². The van der Waals surface area contributed by atoms with Crippen LogP contribution in [0.25, 0.3) is 0 Å². The number of benzene rings is 1. The maximum absolute atomic E-state index is 12.2. The molecule has 1 rings (SSSR count). The standard InChI is InChI=1S/C10H15FN2/c1-8-3-2-4-9(5-8)6-13-7-10(11)12/h2-5,10,13H,6-7,12H2,1H3. The van der Waals surface area contributed by atoms with Crippen LogP contribution in [0.5, 0.6) is 0 Å². The number of hydrogen-bond donors (Lipinski definition) is 2. The summed E-state index contributed by atoms with van der Waals surface area (Å²) in [5, 5.41) is 2.93. The fraction of sp³-hybridized carbons (Fsp3) is 0.400. The highest BCUT2D eigenvalue weighted by Crippen LogP contribution is 2.02. The Morgan fingerprint density at radius 3 is 2.92 bits per heavy atom. The zero-order valence-electron chi connectivity index (χ0n) is 7.76. The van der Waals surface area contributed by atoms with Crippen molar-refractivity contribution in [3.63, 3.8) is 0 Å². The van der Waals surface area contributed by atoms with E-state index >= 15 is 0 Å². The van der Waals surface area contributed by atoms with Gasteiger partial charge in [-0.05, 0) is 12.5 Å². The van der Waals surface area contributed by atoms with E-state index in [4.69, 9.17) is 5.73 Å². The van der Waals surface area contributed by atoms with Crippen molar-refractivity contribution < 1.29 is 4.39 Å². The molecule has 0 radical (unpaired) electrons.